The van der Waals surface area contributed by atoms with Crippen LogP contribution < -0.4 is 0 Å². The lowest BCUT2D eigenvalue weighted by Gasteiger charge is -1.98. The van der Waals surface area contributed by atoms with E-state index in [-0.39, 0.29) is 5.35 Å². The number of aryl methyl sites for hydroxylation is 1. The van der Waals surface area contributed by atoms with E-state index in [1.165, 1.54) is 0 Å². The maximum absolute atomic E-state index is 5.58. The molecular weight excluding hydrogens is 186 g/mol. The number of nitrogens with zero attached hydrogens (tertiary/aromatic N) is 1. The number of aromatic nitrogens is 1. The Balaban J connectivity index is 2.52. The van der Waals surface area contributed by atoms with Crippen molar-refractivity contribution in [2.45, 2.75) is 6.92 Å². The van der Waals surface area contributed by atoms with Crippen LogP contribution in [0.15, 0.2) is 34.9 Å². The topological polar surface area (TPSA) is 26.0 Å². The van der Waals surface area contributed by atoms with Gasteiger partial charge in [-0.05, 0) is 24.1 Å². The third kappa shape index (κ3) is 1.58. The number of hydrogen-bond donors (Lipinski definition) is 0. The molecule has 0 saturated heterocycles. The van der Waals surface area contributed by atoms with Gasteiger partial charge in [-0.2, -0.15) is 4.98 Å². The van der Waals surface area contributed by atoms with Gasteiger partial charge in [0.2, 0.25) is 0 Å². The normalized spacial score (nSPS) is 10.3. The quantitative estimate of drug-likeness (QED) is 0.695. The molecule has 2 aromatic rings. The molecule has 2 nitrogen and oxygen atoms in total. The Kier molecular flexibility index (Phi) is 2.07. The van der Waals surface area contributed by atoms with Crippen molar-refractivity contribution in [2.75, 3.05) is 0 Å². The molecule has 0 aliphatic carbocycles. The smallest absolute Gasteiger partial charge is 0.292 e. The second-order valence-corrected chi connectivity index (χ2v) is 3.12. The summed E-state index contributed by atoms with van der Waals surface area (Å²) in [6, 6.07) is 7.97. The molecule has 0 atom stereocenters. The van der Waals surface area contributed by atoms with Crippen LogP contribution in [0.1, 0.15) is 5.56 Å². The molecule has 0 saturated carbocycles. The molecule has 66 valence electrons. The molecule has 0 fully saturated rings. The fourth-order valence-electron chi connectivity index (χ4n) is 1.24. The Morgan fingerprint density at radius 3 is 2.69 bits per heavy atom. The molecule has 0 spiro atoms. The summed E-state index contributed by atoms with van der Waals surface area (Å²) in [6.45, 7) is 2.03. The molecule has 3 heteroatoms. The van der Waals surface area contributed by atoms with Crippen LogP contribution >= 0.6 is 11.6 Å². The Hall–Kier alpha value is -1.28. The number of rotatable bonds is 1. The van der Waals surface area contributed by atoms with Crippen LogP contribution in [0, 0.1) is 6.92 Å². The summed E-state index contributed by atoms with van der Waals surface area (Å²) in [5, 5.41) is 0.179. The molecular formula is C10H8ClNO. The molecule has 1 aromatic heterocycles. The third-order valence-electron chi connectivity index (χ3n) is 1.90. The molecule has 0 aliphatic rings. The zero-order valence-corrected chi connectivity index (χ0v) is 7.88. The van der Waals surface area contributed by atoms with Crippen LogP contribution in [0.25, 0.3) is 11.3 Å². The highest BCUT2D eigenvalue weighted by atomic mass is 35.5. The molecule has 2 rings (SSSR count). The lowest BCUT2D eigenvalue weighted by molar-refractivity contribution is 0.560. The van der Waals surface area contributed by atoms with Crippen molar-refractivity contribution in [3.63, 3.8) is 0 Å². The maximum Gasteiger partial charge on any atom is 0.292 e. The predicted molar refractivity (Wildman–Crippen MR) is 51.7 cm³/mol. The first-order valence-electron chi connectivity index (χ1n) is 3.94. The van der Waals surface area contributed by atoms with Crippen molar-refractivity contribution in [3.05, 3.63) is 41.4 Å². The Morgan fingerprint density at radius 2 is 2.08 bits per heavy atom. The highest BCUT2D eigenvalue weighted by molar-refractivity contribution is 6.27. The van der Waals surface area contributed by atoms with E-state index in [2.05, 4.69) is 4.98 Å². The Morgan fingerprint density at radius 1 is 1.31 bits per heavy atom. The molecule has 1 heterocycles. The van der Waals surface area contributed by atoms with Crippen LogP contribution in [0.2, 0.25) is 5.35 Å². The van der Waals surface area contributed by atoms with Crippen molar-refractivity contribution in [1.29, 1.82) is 0 Å². The summed E-state index contributed by atoms with van der Waals surface area (Å²) < 4.78 is 4.93. The first-order chi connectivity index (χ1) is 6.27. The highest BCUT2D eigenvalue weighted by Crippen LogP contribution is 2.23. The first-order valence-corrected chi connectivity index (χ1v) is 4.32. The van der Waals surface area contributed by atoms with Gasteiger partial charge in [0.25, 0.3) is 5.35 Å². The van der Waals surface area contributed by atoms with Crippen LogP contribution in [0.4, 0.5) is 0 Å². The fraction of sp³-hybridized carbons (Fsp3) is 0.100. The van der Waals surface area contributed by atoms with E-state index < -0.39 is 0 Å². The Bertz CT molecular complexity index is 422. The maximum atomic E-state index is 5.58. The van der Waals surface area contributed by atoms with Gasteiger partial charge in [-0.1, -0.05) is 24.3 Å². The zero-order chi connectivity index (χ0) is 9.26. The second-order valence-electron chi connectivity index (χ2n) is 2.80. The van der Waals surface area contributed by atoms with E-state index >= 15 is 0 Å². The van der Waals surface area contributed by atoms with E-state index in [1.807, 2.05) is 31.2 Å². The minimum atomic E-state index is 0.179. The van der Waals surface area contributed by atoms with E-state index in [1.54, 1.807) is 6.26 Å². The number of benzene rings is 1. The van der Waals surface area contributed by atoms with Gasteiger partial charge in [-0.15, -0.1) is 0 Å². The summed E-state index contributed by atoms with van der Waals surface area (Å²) in [5.74, 6) is 0. The molecule has 0 N–H and O–H groups in total. The van der Waals surface area contributed by atoms with Crippen molar-refractivity contribution in [3.8, 4) is 11.3 Å². The number of halogens is 1. The van der Waals surface area contributed by atoms with Gasteiger partial charge >= 0.3 is 0 Å². The van der Waals surface area contributed by atoms with Gasteiger partial charge in [0.1, 0.15) is 12.0 Å². The van der Waals surface area contributed by atoms with Crippen molar-refractivity contribution in [2.24, 2.45) is 0 Å². The van der Waals surface area contributed by atoms with Crippen LogP contribution in [-0.4, -0.2) is 4.98 Å². The van der Waals surface area contributed by atoms with Crippen LogP contribution in [0.5, 0.6) is 0 Å². The predicted octanol–water partition coefficient (Wildman–Crippen LogP) is 3.30. The summed E-state index contributed by atoms with van der Waals surface area (Å²) in [4.78, 5) is 4.04. The monoisotopic (exact) mass is 193 g/mol. The third-order valence-corrected chi connectivity index (χ3v) is 2.07. The van der Waals surface area contributed by atoms with E-state index in [0.717, 1.165) is 16.8 Å². The van der Waals surface area contributed by atoms with Gasteiger partial charge in [-0.25, -0.2) is 0 Å². The minimum Gasteiger partial charge on any atom is -0.436 e. The largest absolute Gasteiger partial charge is 0.436 e. The van der Waals surface area contributed by atoms with Gasteiger partial charge in [-0.3, -0.25) is 0 Å². The summed E-state index contributed by atoms with van der Waals surface area (Å²) in [7, 11) is 0. The SMILES string of the molecule is Cc1ccccc1-c1coc(Cl)n1. The minimum absolute atomic E-state index is 0.179. The molecule has 0 radical (unpaired) electrons. The fourth-order valence-corrected chi connectivity index (χ4v) is 1.37. The molecule has 0 bridgehead atoms. The Labute approximate surface area is 81.2 Å². The molecule has 0 aliphatic heterocycles. The van der Waals surface area contributed by atoms with Gasteiger partial charge in [0.15, 0.2) is 0 Å². The number of oxazole rings is 1. The molecule has 0 amide bonds. The molecule has 13 heavy (non-hydrogen) atoms. The lowest BCUT2D eigenvalue weighted by Crippen LogP contribution is -1.81. The van der Waals surface area contributed by atoms with E-state index in [4.69, 9.17) is 16.0 Å². The molecule has 0 unspecified atom stereocenters. The first kappa shape index (κ1) is 8.32. The van der Waals surface area contributed by atoms with Gasteiger partial charge in [0, 0.05) is 5.56 Å². The second kappa shape index (κ2) is 3.23. The van der Waals surface area contributed by atoms with Gasteiger partial charge < -0.3 is 4.42 Å². The van der Waals surface area contributed by atoms with E-state index in [9.17, 15) is 0 Å². The van der Waals surface area contributed by atoms with Crippen molar-refractivity contribution >= 4 is 11.6 Å². The van der Waals surface area contributed by atoms with Crippen molar-refractivity contribution < 1.29 is 4.42 Å². The average Bonchev–Trinajstić information content (AvgIpc) is 2.53. The van der Waals surface area contributed by atoms with Gasteiger partial charge in [0.05, 0.1) is 0 Å². The summed E-state index contributed by atoms with van der Waals surface area (Å²) in [5.41, 5.74) is 2.99. The summed E-state index contributed by atoms with van der Waals surface area (Å²) in [6.07, 6.45) is 1.56. The number of hydrogen-bond acceptors (Lipinski definition) is 2. The summed E-state index contributed by atoms with van der Waals surface area (Å²) >= 11 is 5.58. The van der Waals surface area contributed by atoms with E-state index in [0.29, 0.717) is 0 Å². The lowest BCUT2D eigenvalue weighted by atomic mass is 10.1. The zero-order valence-electron chi connectivity index (χ0n) is 7.12. The van der Waals surface area contributed by atoms with Crippen molar-refractivity contribution in [1.82, 2.24) is 4.98 Å². The standard InChI is InChI=1S/C10H8ClNO/c1-7-4-2-3-5-8(7)9-6-13-10(11)12-9/h2-6H,1H3. The average molecular weight is 194 g/mol. The van der Waals surface area contributed by atoms with Crippen LogP contribution in [0.3, 0.4) is 0 Å². The van der Waals surface area contributed by atoms with Crippen LogP contribution in [-0.2, 0) is 0 Å². The molecule has 1 aromatic carbocycles. The highest BCUT2D eigenvalue weighted by Gasteiger charge is 2.05.